The Hall–Kier alpha value is -1.06. The molecule has 1 N–H and O–H groups in total. The van der Waals surface area contributed by atoms with Gasteiger partial charge in [0.1, 0.15) is 0 Å². The van der Waals surface area contributed by atoms with Gasteiger partial charge in [0.25, 0.3) is 0 Å². The molecule has 0 aromatic heterocycles. The molecule has 4 nitrogen and oxygen atoms in total. The maximum atomic E-state index is 11.7. The van der Waals surface area contributed by atoms with Crippen LogP contribution in [-0.2, 0) is 9.59 Å². The van der Waals surface area contributed by atoms with Crippen molar-refractivity contribution >= 4 is 11.9 Å². The summed E-state index contributed by atoms with van der Waals surface area (Å²) in [5.41, 5.74) is 0.302. The second-order valence-electron chi connectivity index (χ2n) is 5.91. The third kappa shape index (κ3) is 4.36. The highest BCUT2D eigenvalue weighted by Gasteiger charge is 2.30. The highest BCUT2D eigenvalue weighted by atomic mass is 16.4. The monoisotopic (exact) mass is 241 g/mol. The van der Waals surface area contributed by atoms with Crippen molar-refractivity contribution in [3.63, 3.8) is 0 Å². The maximum absolute atomic E-state index is 11.7. The van der Waals surface area contributed by atoms with Crippen molar-refractivity contribution in [1.29, 1.82) is 0 Å². The Balaban J connectivity index is 2.36. The molecular weight excluding hydrogens is 218 g/mol. The van der Waals surface area contributed by atoms with Gasteiger partial charge in [-0.15, -0.1) is 0 Å². The van der Waals surface area contributed by atoms with E-state index in [-0.39, 0.29) is 18.7 Å². The molecule has 98 valence electrons. The van der Waals surface area contributed by atoms with E-state index < -0.39 is 5.97 Å². The average Bonchev–Trinajstić information content (AvgIpc) is 2.25. The highest BCUT2D eigenvalue weighted by molar-refractivity contribution is 5.80. The fourth-order valence-corrected chi connectivity index (χ4v) is 2.37. The first-order valence-electron chi connectivity index (χ1n) is 6.30. The van der Waals surface area contributed by atoms with E-state index in [0.717, 1.165) is 25.9 Å². The number of carbonyl (C=O) groups excluding carboxylic acids is 1. The molecule has 0 saturated carbocycles. The Morgan fingerprint density at radius 3 is 2.12 bits per heavy atom. The number of aliphatic carboxylic acids is 1. The number of hydrogen-bond donors (Lipinski definition) is 1. The summed E-state index contributed by atoms with van der Waals surface area (Å²) in [6.45, 7) is 8.26. The van der Waals surface area contributed by atoms with Gasteiger partial charge < -0.3 is 10.0 Å². The molecule has 1 amide bonds. The van der Waals surface area contributed by atoms with Crippen LogP contribution < -0.4 is 0 Å². The maximum Gasteiger partial charge on any atom is 0.303 e. The van der Waals surface area contributed by atoms with Gasteiger partial charge in [-0.2, -0.15) is 0 Å². The molecule has 1 rings (SSSR count). The molecule has 1 aliphatic rings. The number of amides is 1. The molecule has 0 aromatic rings. The lowest BCUT2D eigenvalue weighted by Crippen LogP contribution is -2.41. The SMILES string of the molecule is CC(C)(C)C1CCN(C(=O)CCC(=O)O)CC1. The predicted molar refractivity (Wildman–Crippen MR) is 65.6 cm³/mol. The molecule has 1 fully saturated rings. The molecule has 1 heterocycles. The van der Waals surface area contributed by atoms with Gasteiger partial charge in [0.05, 0.1) is 6.42 Å². The minimum Gasteiger partial charge on any atom is -0.481 e. The lowest BCUT2D eigenvalue weighted by Gasteiger charge is -2.38. The van der Waals surface area contributed by atoms with Crippen LogP contribution in [0.15, 0.2) is 0 Å². The average molecular weight is 241 g/mol. The fraction of sp³-hybridized carbons (Fsp3) is 0.846. The molecule has 1 aliphatic heterocycles. The van der Waals surface area contributed by atoms with Gasteiger partial charge in [-0.3, -0.25) is 9.59 Å². The molecule has 0 bridgehead atoms. The molecular formula is C13H23NO3. The minimum atomic E-state index is -0.900. The van der Waals surface area contributed by atoms with Crippen molar-refractivity contribution < 1.29 is 14.7 Å². The zero-order valence-corrected chi connectivity index (χ0v) is 11.0. The standard InChI is InChI=1S/C13H23NO3/c1-13(2,3)10-6-8-14(9-7-10)11(15)4-5-12(16)17/h10H,4-9H2,1-3H3,(H,16,17). The molecule has 0 radical (unpaired) electrons. The summed E-state index contributed by atoms with van der Waals surface area (Å²) in [5, 5.41) is 8.54. The Morgan fingerprint density at radius 1 is 1.18 bits per heavy atom. The summed E-state index contributed by atoms with van der Waals surface area (Å²) in [7, 11) is 0. The van der Waals surface area contributed by atoms with Crippen LogP contribution in [0.25, 0.3) is 0 Å². The molecule has 0 aromatic carbocycles. The quantitative estimate of drug-likeness (QED) is 0.823. The third-order valence-corrected chi connectivity index (χ3v) is 3.63. The molecule has 1 saturated heterocycles. The Morgan fingerprint density at radius 2 is 1.71 bits per heavy atom. The zero-order valence-electron chi connectivity index (χ0n) is 11.0. The van der Waals surface area contributed by atoms with Crippen LogP contribution in [0.2, 0.25) is 0 Å². The van der Waals surface area contributed by atoms with Crippen molar-refractivity contribution in [1.82, 2.24) is 4.90 Å². The molecule has 4 heteroatoms. The van der Waals surface area contributed by atoms with Crippen LogP contribution in [0.5, 0.6) is 0 Å². The van der Waals surface area contributed by atoms with Crippen LogP contribution in [0.4, 0.5) is 0 Å². The largest absolute Gasteiger partial charge is 0.481 e. The first-order chi connectivity index (χ1) is 7.80. The normalized spacial score (nSPS) is 18.2. The van der Waals surface area contributed by atoms with Crippen LogP contribution in [-0.4, -0.2) is 35.0 Å². The molecule has 0 aliphatic carbocycles. The Labute approximate surface area is 103 Å². The number of carboxylic acids is 1. The zero-order chi connectivity index (χ0) is 13.1. The number of piperidine rings is 1. The van der Waals surface area contributed by atoms with E-state index in [4.69, 9.17) is 5.11 Å². The molecule has 0 atom stereocenters. The number of nitrogens with zero attached hydrogens (tertiary/aromatic N) is 1. The van der Waals surface area contributed by atoms with Gasteiger partial charge in [-0.05, 0) is 24.2 Å². The number of rotatable bonds is 3. The van der Waals surface area contributed by atoms with E-state index in [2.05, 4.69) is 20.8 Å². The molecule has 17 heavy (non-hydrogen) atoms. The van der Waals surface area contributed by atoms with Gasteiger partial charge in [0.2, 0.25) is 5.91 Å². The Bertz CT molecular complexity index is 286. The summed E-state index contributed by atoms with van der Waals surface area (Å²) in [4.78, 5) is 23.9. The van der Waals surface area contributed by atoms with Crippen LogP contribution >= 0.6 is 0 Å². The van der Waals surface area contributed by atoms with Crippen molar-refractivity contribution in [3.05, 3.63) is 0 Å². The van der Waals surface area contributed by atoms with E-state index in [9.17, 15) is 9.59 Å². The van der Waals surface area contributed by atoms with Gasteiger partial charge in [-0.25, -0.2) is 0 Å². The van der Waals surface area contributed by atoms with Crippen molar-refractivity contribution in [3.8, 4) is 0 Å². The number of carboxylic acid groups (broad SMARTS) is 1. The summed E-state index contributed by atoms with van der Waals surface area (Å²) in [6, 6.07) is 0. The van der Waals surface area contributed by atoms with Crippen LogP contribution in [0.1, 0.15) is 46.5 Å². The molecule has 0 unspecified atom stereocenters. The van der Waals surface area contributed by atoms with Gasteiger partial charge in [0.15, 0.2) is 0 Å². The topological polar surface area (TPSA) is 57.6 Å². The van der Waals surface area contributed by atoms with Gasteiger partial charge in [0, 0.05) is 19.5 Å². The van der Waals surface area contributed by atoms with Gasteiger partial charge in [-0.1, -0.05) is 20.8 Å². The fourth-order valence-electron chi connectivity index (χ4n) is 2.37. The number of hydrogen-bond acceptors (Lipinski definition) is 2. The van der Waals surface area contributed by atoms with Crippen molar-refractivity contribution in [2.45, 2.75) is 46.5 Å². The third-order valence-electron chi connectivity index (χ3n) is 3.63. The van der Waals surface area contributed by atoms with E-state index in [1.165, 1.54) is 0 Å². The summed E-state index contributed by atoms with van der Waals surface area (Å²) in [6.07, 6.45) is 2.14. The lowest BCUT2D eigenvalue weighted by molar-refractivity contribution is -0.141. The number of likely N-dealkylation sites (tertiary alicyclic amines) is 1. The van der Waals surface area contributed by atoms with E-state index in [1.54, 1.807) is 0 Å². The van der Waals surface area contributed by atoms with E-state index in [0.29, 0.717) is 11.3 Å². The van der Waals surface area contributed by atoms with E-state index >= 15 is 0 Å². The van der Waals surface area contributed by atoms with E-state index in [1.807, 2.05) is 4.90 Å². The Kier molecular flexibility index (Phi) is 4.54. The highest BCUT2D eigenvalue weighted by Crippen LogP contribution is 2.34. The number of carbonyl (C=O) groups is 2. The predicted octanol–water partition coefficient (Wildman–Crippen LogP) is 2.14. The summed E-state index contributed by atoms with van der Waals surface area (Å²) in [5.74, 6) is -0.256. The first-order valence-corrected chi connectivity index (χ1v) is 6.30. The smallest absolute Gasteiger partial charge is 0.303 e. The lowest BCUT2D eigenvalue weighted by atomic mass is 9.75. The second kappa shape index (κ2) is 5.52. The van der Waals surface area contributed by atoms with Gasteiger partial charge >= 0.3 is 5.97 Å². The first kappa shape index (κ1) is 14.0. The van der Waals surface area contributed by atoms with Crippen molar-refractivity contribution in [2.75, 3.05) is 13.1 Å². The summed E-state index contributed by atoms with van der Waals surface area (Å²) < 4.78 is 0. The molecule has 0 spiro atoms. The van der Waals surface area contributed by atoms with Crippen LogP contribution in [0, 0.1) is 11.3 Å². The van der Waals surface area contributed by atoms with Crippen molar-refractivity contribution in [2.24, 2.45) is 11.3 Å². The minimum absolute atomic E-state index is 0.0141. The second-order valence-corrected chi connectivity index (χ2v) is 5.91. The van der Waals surface area contributed by atoms with Crippen LogP contribution in [0.3, 0.4) is 0 Å². The summed E-state index contributed by atoms with van der Waals surface area (Å²) >= 11 is 0.